The molecule has 0 bridgehead atoms. The molecule has 33 heavy (non-hydrogen) atoms. The van der Waals surface area contributed by atoms with Crippen molar-refractivity contribution in [3.8, 4) is 0 Å². The van der Waals surface area contributed by atoms with Crippen LogP contribution in [0.25, 0.3) is 0 Å². The highest BCUT2D eigenvalue weighted by Crippen LogP contribution is 2.35. The van der Waals surface area contributed by atoms with Gasteiger partial charge in [0, 0.05) is 24.2 Å². The van der Waals surface area contributed by atoms with E-state index in [-0.39, 0.29) is 17.8 Å². The number of amides is 1. The van der Waals surface area contributed by atoms with Gasteiger partial charge in [0.15, 0.2) is 11.6 Å². The minimum atomic E-state index is -0.404. The van der Waals surface area contributed by atoms with Crippen LogP contribution in [0.1, 0.15) is 42.4 Å². The maximum Gasteiger partial charge on any atom is 0.231 e. The number of nitrogens with two attached hydrogens (primary N) is 1. The van der Waals surface area contributed by atoms with E-state index in [1.807, 2.05) is 19.9 Å². The molecule has 1 aromatic heterocycles. The van der Waals surface area contributed by atoms with Gasteiger partial charge in [0.05, 0.1) is 6.54 Å². The molecule has 2 heterocycles. The van der Waals surface area contributed by atoms with Gasteiger partial charge in [0.25, 0.3) is 0 Å². The largest absolute Gasteiger partial charge is 0.369 e. The first-order valence-electron chi connectivity index (χ1n) is 11.6. The monoisotopic (exact) mass is 474 g/mol. The third-order valence-electron chi connectivity index (χ3n) is 6.63. The van der Waals surface area contributed by atoms with Crippen molar-refractivity contribution < 1.29 is 9.18 Å². The number of likely N-dealkylation sites (tertiary alicyclic amines) is 1. The fourth-order valence-corrected chi connectivity index (χ4v) is 4.67. The van der Waals surface area contributed by atoms with Crippen molar-refractivity contribution in [2.45, 2.75) is 52.1 Å². The van der Waals surface area contributed by atoms with E-state index < -0.39 is 5.82 Å². The molecule has 1 saturated carbocycles. The van der Waals surface area contributed by atoms with E-state index in [4.69, 9.17) is 17.3 Å². The molecular weight excluding hydrogens is 443 g/mol. The number of benzene rings is 1. The van der Waals surface area contributed by atoms with Gasteiger partial charge in [-0.05, 0) is 81.3 Å². The second kappa shape index (κ2) is 10.2. The van der Waals surface area contributed by atoms with Crippen LogP contribution in [0.4, 0.5) is 16.0 Å². The molecule has 0 atom stereocenters. The highest BCUT2D eigenvalue weighted by Gasteiger charge is 2.33. The minimum absolute atomic E-state index is 0.245. The minimum Gasteiger partial charge on any atom is -0.369 e. The lowest BCUT2D eigenvalue weighted by molar-refractivity contribution is -0.119. The van der Waals surface area contributed by atoms with Crippen LogP contribution in [0.3, 0.4) is 0 Å². The molecule has 4 rings (SSSR count). The van der Waals surface area contributed by atoms with Crippen molar-refractivity contribution in [2.24, 2.45) is 11.7 Å². The zero-order valence-corrected chi connectivity index (χ0v) is 20.0. The van der Waals surface area contributed by atoms with Crippen molar-refractivity contribution in [3.63, 3.8) is 0 Å². The Bertz CT molecular complexity index is 1010. The van der Waals surface area contributed by atoms with Crippen LogP contribution in [0, 0.1) is 25.6 Å². The number of carbonyl (C=O) groups excluding carboxylic acids is 1. The average Bonchev–Trinajstić information content (AvgIpc) is 3.61. The number of rotatable bonds is 9. The summed E-state index contributed by atoms with van der Waals surface area (Å²) in [5.74, 6) is 0.281. The second-order valence-corrected chi connectivity index (χ2v) is 9.72. The lowest BCUT2D eigenvalue weighted by Crippen LogP contribution is -2.40. The second-order valence-electron chi connectivity index (χ2n) is 9.31. The van der Waals surface area contributed by atoms with Gasteiger partial charge in [-0.25, -0.2) is 9.97 Å². The van der Waals surface area contributed by atoms with Crippen molar-refractivity contribution >= 4 is 29.1 Å². The lowest BCUT2D eigenvalue weighted by Gasteiger charge is -2.31. The standard InChI is InChI=1S/C24H32ClFN6O/c1-15-10-20(25)16(2)9-18(15)12-32(19-3-4-19)24-22(26)23(29-14-30-24)28-11-17-5-7-31(8-6-17)13-21(27)33/h9-10,14,17,19H,3-8,11-13H2,1-2H3,(H2,27,33)(H,28,29,30). The maximum atomic E-state index is 15.5. The molecule has 1 aliphatic carbocycles. The van der Waals surface area contributed by atoms with Gasteiger partial charge in [-0.1, -0.05) is 17.7 Å². The molecule has 3 N–H and O–H groups in total. The molecule has 0 radical (unpaired) electrons. The summed E-state index contributed by atoms with van der Waals surface area (Å²) in [6, 6.07) is 4.33. The summed E-state index contributed by atoms with van der Waals surface area (Å²) in [7, 11) is 0. The number of hydrogen-bond acceptors (Lipinski definition) is 6. The van der Waals surface area contributed by atoms with Gasteiger partial charge in [0.2, 0.25) is 11.7 Å². The van der Waals surface area contributed by atoms with Crippen molar-refractivity contribution in [1.29, 1.82) is 0 Å². The number of aryl methyl sites for hydroxylation is 2. The Balaban J connectivity index is 1.43. The number of aromatic nitrogens is 2. The molecule has 2 aromatic rings. The predicted molar refractivity (Wildman–Crippen MR) is 129 cm³/mol. The molecule has 1 aromatic carbocycles. The zero-order chi connectivity index (χ0) is 23.5. The smallest absolute Gasteiger partial charge is 0.231 e. The molecule has 1 aliphatic heterocycles. The van der Waals surface area contributed by atoms with Gasteiger partial charge >= 0.3 is 0 Å². The third-order valence-corrected chi connectivity index (χ3v) is 7.04. The Morgan fingerprint density at radius 1 is 1.21 bits per heavy atom. The Morgan fingerprint density at radius 3 is 2.61 bits per heavy atom. The maximum absolute atomic E-state index is 15.5. The molecule has 9 heteroatoms. The Kier molecular flexibility index (Phi) is 7.34. The quantitative estimate of drug-likeness (QED) is 0.576. The van der Waals surface area contributed by atoms with E-state index >= 15 is 4.39 Å². The highest BCUT2D eigenvalue weighted by molar-refractivity contribution is 6.31. The number of nitrogens with one attached hydrogen (secondary N) is 1. The Hall–Kier alpha value is -2.45. The van der Waals surface area contributed by atoms with Gasteiger partial charge in [-0.15, -0.1) is 0 Å². The SMILES string of the molecule is Cc1cc(CN(c2ncnc(NCC3CCN(CC(N)=O)CC3)c2F)C2CC2)c(C)cc1Cl. The van der Waals surface area contributed by atoms with Crippen LogP contribution in [0.2, 0.25) is 5.02 Å². The number of nitrogens with zero attached hydrogens (tertiary/aromatic N) is 4. The van der Waals surface area contributed by atoms with Crippen molar-refractivity contribution in [2.75, 3.05) is 36.4 Å². The van der Waals surface area contributed by atoms with Crippen LogP contribution in [-0.4, -0.2) is 53.0 Å². The number of anilines is 2. The van der Waals surface area contributed by atoms with Crippen LogP contribution >= 0.6 is 11.6 Å². The lowest BCUT2D eigenvalue weighted by atomic mass is 9.97. The van der Waals surface area contributed by atoms with Crippen molar-refractivity contribution in [3.05, 3.63) is 46.0 Å². The van der Waals surface area contributed by atoms with Crippen molar-refractivity contribution in [1.82, 2.24) is 14.9 Å². The third kappa shape index (κ3) is 5.92. The number of hydrogen-bond donors (Lipinski definition) is 2. The van der Waals surface area contributed by atoms with Gasteiger partial charge in [-0.2, -0.15) is 4.39 Å². The molecule has 2 aliphatic rings. The van der Waals surface area contributed by atoms with Gasteiger partial charge in [0.1, 0.15) is 6.33 Å². The summed E-state index contributed by atoms with van der Waals surface area (Å²) in [4.78, 5) is 23.7. The molecule has 178 valence electrons. The van der Waals surface area contributed by atoms with E-state index in [2.05, 4.69) is 31.2 Å². The summed E-state index contributed by atoms with van der Waals surface area (Å²) in [6.07, 6.45) is 5.36. The summed E-state index contributed by atoms with van der Waals surface area (Å²) in [5.41, 5.74) is 8.51. The fraction of sp³-hybridized carbons (Fsp3) is 0.542. The zero-order valence-electron chi connectivity index (χ0n) is 19.3. The van der Waals surface area contributed by atoms with E-state index in [0.717, 1.165) is 60.5 Å². The van der Waals surface area contributed by atoms with Crippen LogP contribution in [0.5, 0.6) is 0 Å². The predicted octanol–water partition coefficient (Wildman–Crippen LogP) is 3.66. The van der Waals surface area contributed by atoms with Crippen LogP contribution in [0.15, 0.2) is 18.5 Å². The number of halogens is 2. The first-order valence-corrected chi connectivity index (χ1v) is 12.0. The molecule has 7 nitrogen and oxygen atoms in total. The summed E-state index contributed by atoms with van der Waals surface area (Å²) < 4.78 is 15.5. The summed E-state index contributed by atoms with van der Waals surface area (Å²) in [5, 5.41) is 3.95. The van der Waals surface area contributed by atoms with Crippen LogP contribution in [-0.2, 0) is 11.3 Å². The number of carbonyl (C=O) groups is 1. The highest BCUT2D eigenvalue weighted by atomic mass is 35.5. The average molecular weight is 475 g/mol. The molecule has 1 amide bonds. The first-order chi connectivity index (χ1) is 15.8. The number of primary amides is 1. The van der Waals surface area contributed by atoms with E-state index in [1.165, 1.54) is 6.33 Å². The topological polar surface area (TPSA) is 87.4 Å². The van der Waals surface area contributed by atoms with Gasteiger partial charge in [-0.3, -0.25) is 9.69 Å². The van der Waals surface area contributed by atoms with Crippen LogP contribution < -0.4 is 16.0 Å². The normalized spacial score (nSPS) is 17.2. The first kappa shape index (κ1) is 23.7. The summed E-state index contributed by atoms with van der Waals surface area (Å²) >= 11 is 6.26. The van der Waals surface area contributed by atoms with Gasteiger partial charge < -0.3 is 16.0 Å². The molecule has 1 saturated heterocycles. The van der Waals surface area contributed by atoms with E-state index in [0.29, 0.717) is 31.4 Å². The Morgan fingerprint density at radius 2 is 1.94 bits per heavy atom. The molecule has 0 spiro atoms. The number of piperidine rings is 1. The molecule has 2 fully saturated rings. The molecular formula is C24H32ClFN6O. The fourth-order valence-electron chi connectivity index (χ4n) is 4.45. The Labute approximate surface area is 199 Å². The van der Waals surface area contributed by atoms with E-state index in [9.17, 15) is 4.79 Å². The summed E-state index contributed by atoms with van der Waals surface area (Å²) in [6.45, 7) is 7.18. The molecule has 0 unspecified atom stereocenters. The van der Waals surface area contributed by atoms with E-state index in [1.54, 1.807) is 0 Å².